The number of carbonyl (C=O) groups excluding carboxylic acids is 1. The van der Waals surface area contributed by atoms with Gasteiger partial charge in [-0.2, -0.15) is 0 Å². The monoisotopic (exact) mass is 270 g/mol. The summed E-state index contributed by atoms with van der Waals surface area (Å²) < 4.78 is 5.46. The number of nitrogens with one attached hydrogen (secondary N) is 1. The molecule has 0 fully saturated rings. The molecular formula is C16H18N2O2. The lowest BCUT2D eigenvalue weighted by Gasteiger charge is -2.06. The lowest BCUT2D eigenvalue weighted by Crippen LogP contribution is -2.12. The summed E-state index contributed by atoms with van der Waals surface area (Å²) in [5.74, 6) is 0.374. The second-order valence-corrected chi connectivity index (χ2v) is 4.41. The molecule has 0 unspecified atom stereocenters. The highest BCUT2D eigenvalue weighted by Gasteiger charge is 2.06. The molecule has 0 aliphatic carbocycles. The van der Waals surface area contributed by atoms with Crippen LogP contribution in [0.5, 0.6) is 5.88 Å². The van der Waals surface area contributed by atoms with E-state index in [4.69, 9.17) is 4.74 Å². The van der Waals surface area contributed by atoms with Gasteiger partial charge in [-0.25, -0.2) is 4.98 Å². The average Bonchev–Trinajstić information content (AvgIpc) is 2.49. The molecule has 0 aliphatic heterocycles. The van der Waals surface area contributed by atoms with Crippen LogP contribution in [0.4, 0.5) is 5.69 Å². The SMILES string of the molecule is CCCCOc1ccc(C(=O)Nc2ccccc2)cn1. The third kappa shape index (κ3) is 4.09. The maximum Gasteiger partial charge on any atom is 0.257 e. The molecule has 1 aromatic carbocycles. The molecule has 1 aromatic heterocycles. The molecule has 1 heterocycles. The number of pyridine rings is 1. The van der Waals surface area contributed by atoms with Crippen molar-refractivity contribution in [1.29, 1.82) is 0 Å². The van der Waals surface area contributed by atoms with Crippen molar-refractivity contribution in [2.45, 2.75) is 19.8 Å². The van der Waals surface area contributed by atoms with Gasteiger partial charge in [-0.3, -0.25) is 4.79 Å². The zero-order valence-electron chi connectivity index (χ0n) is 11.5. The molecule has 2 aromatic rings. The van der Waals surface area contributed by atoms with Gasteiger partial charge in [0.05, 0.1) is 12.2 Å². The van der Waals surface area contributed by atoms with E-state index in [-0.39, 0.29) is 5.91 Å². The molecule has 0 aliphatic rings. The van der Waals surface area contributed by atoms with Crippen molar-refractivity contribution in [2.75, 3.05) is 11.9 Å². The Balaban J connectivity index is 1.94. The number of aromatic nitrogens is 1. The number of rotatable bonds is 6. The quantitative estimate of drug-likeness (QED) is 0.817. The summed E-state index contributed by atoms with van der Waals surface area (Å²) in [4.78, 5) is 16.1. The zero-order valence-corrected chi connectivity index (χ0v) is 11.5. The Morgan fingerprint density at radius 1 is 1.20 bits per heavy atom. The number of anilines is 1. The van der Waals surface area contributed by atoms with Crippen molar-refractivity contribution in [1.82, 2.24) is 4.98 Å². The fraction of sp³-hybridized carbons (Fsp3) is 0.250. The Bertz CT molecular complexity index is 538. The highest BCUT2D eigenvalue weighted by molar-refractivity contribution is 6.04. The van der Waals surface area contributed by atoms with Crippen molar-refractivity contribution >= 4 is 11.6 Å². The Kier molecular flexibility index (Phi) is 5.12. The maximum atomic E-state index is 12.0. The standard InChI is InChI=1S/C16H18N2O2/c1-2-3-11-20-15-10-9-13(12-17-15)16(19)18-14-7-5-4-6-8-14/h4-10,12H,2-3,11H2,1H3,(H,18,19). The third-order valence-corrected chi connectivity index (χ3v) is 2.78. The number of amides is 1. The van der Waals surface area contributed by atoms with E-state index in [1.165, 1.54) is 6.20 Å². The van der Waals surface area contributed by atoms with E-state index in [1.807, 2.05) is 30.3 Å². The summed E-state index contributed by atoms with van der Waals surface area (Å²) in [7, 11) is 0. The van der Waals surface area contributed by atoms with Gasteiger partial charge >= 0.3 is 0 Å². The second-order valence-electron chi connectivity index (χ2n) is 4.41. The first-order valence-electron chi connectivity index (χ1n) is 6.75. The van der Waals surface area contributed by atoms with Crippen LogP contribution in [0, 0.1) is 0 Å². The lowest BCUT2D eigenvalue weighted by molar-refractivity contribution is 0.102. The third-order valence-electron chi connectivity index (χ3n) is 2.78. The second kappa shape index (κ2) is 7.28. The number of benzene rings is 1. The molecule has 0 saturated carbocycles. The van der Waals surface area contributed by atoms with E-state index in [2.05, 4.69) is 17.2 Å². The van der Waals surface area contributed by atoms with Gasteiger partial charge in [0.2, 0.25) is 5.88 Å². The number of nitrogens with zero attached hydrogens (tertiary/aromatic N) is 1. The molecule has 1 amide bonds. The van der Waals surface area contributed by atoms with Crippen LogP contribution in [-0.2, 0) is 0 Å². The smallest absolute Gasteiger partial charge is 0.257 e. The summed E-state index contributed by atoms with van der Waals surface area (Å²) in [6.45, 7) is 2.76. The van der Waals surface area contributed by atoms with Crippen LogP contribution in [-0.4, -0.2) is 17.5 Å². The summed E-state index contributed by atoms with van der Waals surface area (Å²) >= 11 is 0. The van der Waals surface area contributed by atoms with Crippen molar-refractivity contribution in [2.24, 2.45) is 0 Å². The molecule has 104 valence electrons. The number of unbranched alkanes of at least 4 members (excludes halogenated alkanes) is 1. The van der Waals surface area contributed by atoms with E-state index in [9.17, 15) is 4.79 Å². The van der Waals surface area contributed by atoms with Gasteiger partial charge < -0.3 is 10.1 Å². The van der Waals surface area contributed by atoms with E-state index in [0.717, 1.165) is 18.5 Å². The van der Waals surface area contributed by atoms with Crippen LogP contribution in [0.1, 0.15) is 30.1 Å². The molecule has 4 nitrogen and oxygen atoms in total. The van der Waals surface area contributed by atoms with Crippen LogP contribution < -0.4 is 10.1 Å². The molecule has 1 N–H and O–H groups in total. The van der Waals surface area contributed by atoms with Crippen molar-refractivity contribution in [3.63, 3.8) is 0 Å². The zero-order chi connectivity index (χ0) is 14.2. The molecule has 0 radical (unpaired) electrons. The topological polar surface area (TPSA) is 51.2 Å². The molecule has 0 spiro atoms. The maximum absolute atomic E-state index is 12.0. The number of ether oxygens (including phenoxy) is 1. The molecule has 0 saturated heterocycles. The van der Waals surface area contributed by atoms with Gasteiger partial charge in [-0.15, -0.1) is 0 Å². The Labute approximate surface area is 118 Å². The fourth-order valence-corrected chi connectivity index (χ4v) is 1.65. The van der Waals surface area contributed by atoms with Gasteiger partial charge in [-0.1, -0.05) is 31.5 Å². The minimum atomic E-state index is -0.177. The normalized spacial score (nSPS) is 10.1. The van der Waals surface area contributed by atoms with Crippen molar-refractivity contribution in [3.05, 3.63) is 54.2 Å². The van der Waals surface area contributed by atoms with Gasteiger partial charge in [0.15, 0.2) is 0 Å². The van der Waals surface area contributed by atoms with E-state index >= 15 is 0 Å². The number of carbonyl (C=O) groups is 1. The number of hydrogen-bond acceptors (Lipinski definition) is 3. The fourth-order valence-electron chi connectivity index (χ4n) is 1.65. The lowest BCUT2D eigenvalue weighted by atomic mass is 10.2. The van der Waals surface area contributed by atoms with Crippen molar-refractivity contribution < 1.29 is 9.53 Å². The van der Waals surface area contributed by atoms with Gasteiger partial charge in [0, 0.05) is 18.0 Å². The average molecular weight is 270 g/mol. The largest absolute Gasteiger partial charge is 0.478 e. The van der Waals surface area contributed by atoms with Crippen LogP contribution in [0.2, 0.25) is 0 Å². The minimum Gasteiger partial charge on any atom is -0.478 e. The molecular weight excluding hydrogens is 252 g/mol. The first kappa shape index (κ1) is 14.1. The van der Waals surface area contributed by atoms with Crippen LogP contribution in [0.25, 0.3) is 0 Å². The predicted octanol–water partition coefficient (Wildman–Crippen LogP) is 3.51. The number of hydrogen-bond donors (Lipinski definition) is 1. The Morgan fingerprint density at radius 2 is 2.00 bits per heavy atom. The predicted molar refractivity (Wildman–Crippen MR) is 79.0 cm³/mol. The molecule has 0 atom stereocenters. The highest BCUT2D eigenvalue weighted by atomic mass is 16.5. The summed E-state index contributed by atoms with van der Waals surface area (Å²) in [6.07, 6.45) is 3.61. The van der Waals surface area contributed by atoms with Crippen LogP contribution in [0.3, 0.4) is 0 Å². The van der Waals surface area contributed by atoms with Gasteiger partial charge in [0.25, 0.3) is 5.91 Å². The molecule has 4 heteroatoms. The first-order valence-corrected chi connectivity index (χ1v) is 6.75. The summed E-state index contributed by atoms with van der Waals surface area (Å²) in [5, 5.41) is 2.81. The van der Waals surface area contributed by atoms with Crippen LogP contribution >= 0.6 is 0 Å². The van der Waals surface area contributed by atoms with E-state index < -0.39 is 0 Å². The molecule has 0 bridgehead atoms. The van der Waals surface area contributed by atoms with Crippen molar-refractivity contribution in [3.8, 4) is 5.88 Å². The summed E-state index contributed by atoms with van der Waals surface area (Å²) in [6, 6.07) is 12.8. The Hall–Kier alpha value is -2.36. The molecule has 20 heavy (non-hydrogen) atoms. The Morgan fingerprint density at radius 3 is 2.65 bits per heavy atom. The first-order chi connectivity index (χ1) is 9.79. The molecule has 2 rings (SSSR count). The number of para-hydroxylation sites is 1. The van der Waals surface area contributed by atoms with E-state index in [1.54, 1.807) is 12.1 Å². The van der Waals surface area contributed by atoms with Gasteiger partial charge in [-0.05, 0) is 24.6 Å². The minimum absolute atomic E-state index is 0.177. The highest BCUT2D eigenvalue weighted by Crippen LogP contribution is 2.11. The van der Waals surface area contributed by atoms with Gasteiger partial charge in [0.1, 0.15) is 0 Å². The van der Waals surface area contributed by atoms with Crippen LogP contribution in [0.15, 0.2) is 48.7 Å². The van der Waals surface area contributed by atoms with E-state index in [0.29, 0.717) is 18.1 Å². The summed E-state index contributed by atoms with van der Waals surface area (Å²) in [5.41, 5.74) is 1.28.